The number of rotatable bonds is 6. The van der Waals surface area contributed by atoms with Gasteiger partial charge in [0.05, 0.1) is 6.61 Å². The summed E-state index contributed by atoms with van der Waals surface area (Å²) in [7, 11) is 2.03. The Morgan fingerprint density at radius 1 is 1.50 bits per heavy atom. The second kappa shape index (κ2) is 6.33. The van der Waals surface area contributed by atoms with Crippen LogP contribution >= 0.6 is 0 Å². The summed E-state index contributed by atoms with van der Waals surface area (Å²) in [6, 6.07) is 6.19. The van der Waals surface area contributed by atoms with E-state index >= 15 is 0 Å². The summed E-state index contributed by atoms with van der Waals surface area (Å²) in [5.41, 5.74) is 5.55. The van der Waals surface area contributed by atoms with E-state index in [4.69, 9.17) is 10.5 Å². The van der Waals surface area contributed by atoms with Gasteiger partial charge in [0, 0.05) is 19.2 Å². The SMILES string of the molecule is CCOc1cccc(N(C)C(C)CCN)n1. The van der Waals surface area contributed by atoms with Gasteiger partial charge < -0.3 is 15.4 Å². The minimum atomic E-state index is 0.384. The maximum Gasteiger partial charge on any atom is 0.215 e. The minimum absolute atomic E-state index is 0.384. The Bertz CT molecular complexity index is 317. The van der Waals surface area contributed by atoms with Gasteiger partial charge in [-0.15, -0.1) is 0 Å². The summed E-state index contributed by atoms with van der Waals surface area (Å²) in [6.45, 7) is 5.42. The van der Waals surface area contributed by atoms with E-state index in [9.17, 15) is 0 Å². The van der Waals surface area contributed by atoms with E-state index in [1.165, 1.54) is 0 Å². The summed E-state index contributed by atoms with van der Waals surface area (Å²) in [5, 5.41) is 0. The summed E-state index contributed by atoms with van der Waals surface area (Å²) in [4.78, 5) is 6.55. The molecule has 4 nitrogen and oxygen atoms in total. The molecule has 1 aromatic heterocycles. The molecular weight excluding hydrogens is 202 g/mol. The molecule has 0 amide bonds. The van der Waals surface area contributed by atoms with Gasteiger partial charge in [-0.25, -0.2) is 0 Å². The fourth-order valence-corrected chi connectivity index (χ4v) is 1.49. The molecule has 0 radical (unpaired) electrons. The first-order chi connectivity index (χ1) is 7.69. The van der Waals surface area contributed by atoms with Crippen LogP contribution in [0.2, 0.25) is 0 Å². The lowest BCUT2D eigenvalue weighted by molar-refractivity contribution is 0.327. The monoisotopic (exact) mass is 223 g/mol. The molecule has 1 atom stereocenters. The number of nitrogens with two attached hydrogens (primary N) is 1. The van der Waals surface area contributed by atoms with Gasteiger partial charge in [0.1, 0.15) is 5.82 Å². The molecule has 90 valence electrons. The molecule has 0 aliphatic carbocycles. The summed E-state index contributed by atoms with van der Waals surface area (Å²) < 4.78 is 5.37. The smallest absolute Gasteiger partial charge is 0.215 e. The molecule has 1 unspecified atom stereocenters. The van der Waals surface area contributed by atoms with Crippen molar-refractivity contribution in [3.63, 3.8) is 0 Å². The number of hydrogen-bond donors (Lipinski definition) is 1. The van der Waals surface area contributed by atoms with Crippen LogP contribution < -0.4 is 15.4 Å². The van der Waals surface area contributed by atoms with Crippen LogP contribution in [0, 0.1) is 0 Å². The average molecular weight is 223 g/mol. The third kappa shape index (κ3) is 3.38. The highest BCUT2D eigenvalue weighted by Gasteiger charge is 2.10. The Labute approximate surface area is 97.4 Å². The van der Waals surface area contributed by atoms with Gasteiger partial charge in [-0.3, -0.25) is 0 Å². The second-order valence-electron chi connectivity index (χ2n) is 3.80. The molecule has 0 saturated carbocycles. The number of ether oxygens (including phenoxy) is 1. The highest BCUT2D eigenvalue weighted by Crippen LogP contribution is 2.17. The van der Waals surface area contributed by atoms with Gasteiger partial charge in [-0.1, -0.05) is 6.07 Å². The first-order valence-corrected chi connectivity index (χ1v) is 5.71. The van der Waals surface area contributed by atoms with Crippen LogP contribution in [-0.4, -0.2) is 31.2 Å². The largest absolute Gasteiger partial charge is 0.478 e. The lowest BCUT2D eigenvalue weighted by Crippen LogP contribution is -2.31. The lowest BCUT2D eigenvalue weighted by atomic mass is 10.2. The van der Waals surface area contributed by atoms with E-state index in [-0.39, 0.29) is 0 Å². The Morgan fingerprint density at radius 2 is 2.25 bits per heavy atom. The maximum absolute atomic E-state index is 5.55. The lowest BCUT2D eigenvalue weighted by Gasteiger charge is -2.25. The van der Waals surface area contributed by atoms with Gasteiger partial charge in [-0.2, -0.15) is 4.98 Å². The molecule has 16 heavy (non-hydrogen) atoms. The Kier molecular flexibility index (Phi) is 5.05. The molecule has 0 saturated heterocycles. The van der Waals surface area contributed by atoms with E-state index < -0.39 is 0 Å². The van der Waals surface area contributed by atoms with Crippen LogP contribution in [0.4, 0.5) is 5.82 Å². The Morgan fingerprint density at radius 3 is 2.88 bits per heavy atom. The second-order valence-corrected chi connectivity index (χ2v) is 3.80. The zero-order valence-electron chi connectivity index (χ0n) is 10.3. The maximum atomic E-state index is 5.55. The van der Waals surface area contributed by atoms with Crippen molar-refractivity contribution in [2.24, 2.45) is 5.73 Å². The molecule has 1 aromatic rings. The molecule has 0 spiro atoms. The molecule has 1 heterocycles. The molecule has 0 bridgehead atoms. The van der Waals surface area contributed by atoms with E-state index in [1.54, 1.807) is 0 Å². The fraction of sp³-hybridized carbons (Fsp3) is 0.583. The third-order valence-electron chi connectivity index (χ3n) is 2.61. The number of nitrogens with zero attached hydrogens (tertiary/aromatic N) is 2. The Balaban J connectivity index is 2.74. The first kappa shape index (κ1) is 12.8. The standard InChI is InChI=1S/C12H21N3O/c1-4-16-12-7-5-6-11(14-12)15(3)10(2)8-9-13/h5-7,10H,4,8-9,13H2,1-3H3. The highest BCUT2D eigenvalue weighted by atomic mass is 16.5. The molecule has 0 aliphatic heterocycles. The van der Waals surface area contributed by atoms with E-state index in [0.29, 0.717) is 25.1 Å². The van der Waals surface area contributed by atoms with E-state index in [2.05, 4.69) is 16.8 Å². The quantitative estimate of drug-likeness (QED) is 0.796. The van der Waals surface area contributed by atoms with Crippen LogP contribution in [0.1, 0.15) is 20.3 Å². The van der Waals surface area contributed by atoms with Crippen molar-refractivity contribution in [2.45, 2.75) is 26.3 Å². The molecule has 0 fully saturated rings. The molecule has 4 heteroatoms. The summed E-state index contributed by atoms with van der Waals surface area (Å²) >= 11 is 0. The van der Waals surface area contributed by atoms with Crippen LogP contribution in [0.15, 0.2) is 18.2 Å². The molecule has 0 aromatic carbocycles. The van der Waals surface area contributed by atoms with Crippen molar-refractivity contribution in [1.29, 1.82) is 0 Å². The van der Waals surface area contributed by atoms with Crippen molar-refractivity contribution in [3.8, 4) is 5.88 Å². The van der Waals surface area contributed by atoms with Crippen LogP contribution in [-0.2, 0) is 0 Å². The molecule has 1 rings (SSSR count). The number of pyridine rings is 1. The first-order valence-electron chi connectivity index (χ1n) is 5.71. The van der Waals surface area contributed by atoms with Crippen molar-refractivity contribution >= 4 is 5.82 Å². The topological polar surface area (TPSA) is 51.4 Å². The predicted octanol–water partition coefficient (Wildman–Crippen LogP) is 1.65. The van der Waals surface area contributed by atoms with Crippen molar-refractivity contribution in [2.75, 3.05) is 25.1 Å². The van der Waals surface area contributed by atoms with Crippen LogP contribution in [0.25, 0.3) is 0 Å². The summed E-state index contributed by atoms with van der Waals surface area (Å²) in [5.74, 6) is 1.60. The highest BCUT2D eigenvalue weighted by molar-refractivity contribution is 5.40. The van der Waals surface area contributed by atoms with E-state index in [0.717, 1.165) is 12.2 Å². The van der Waals surface area contributed by atoms with E-state index in [1.807, 2.05) is 32.2 Å². The number of aromatic nitrogens is 1. The van der Waals surface area contributed by atoms with Crippen molar-refractivity contribution < 1.29 is 4.74 Å². The molecular formula is C12H21N3O. The normalized spacial score (nSPS) is 12.2. The average Bonchev–Trinajstić information content (AvgIpc) is 2.29. The van der Waals surface area contributed by atoms with Gasteiger partial charge in [0.25, 0.3) is 0 Å². The van der Waals surface area contributed by atoms with Gasteiger partial charge in [0.15, 0.2) is 0 Å². The van der Waals surface area contributed by atoms with Crippen LogP contribution in [0.3, 0.4) is 0 Å². The van der Waals surface area contributed by atoms with Crippen LogP contribution in [0.5, 0.6) is 5.88 Å². The van der Waals surface area contributed by atoms with Gasteiger partial charge >= 0.3 is 0 Å². The zero-order chi connectivity index (χ0) is 12.0. The Hall–Kier alpha value is -1.29. The van der Waals surface area contributed by atoms with Crippen molar-refractivity contribution in [3.05, 3.63) is 18.2 Å². The zero-order valence-corrected chi connectivity index (χ0v) is 10.3. The predicted molar refractivity (Wildman–Crippen MR) is 66.9 cm³/mol. The van der Waals surface area contributed by atoms with Crippen molar-refractivity contribution in [1.82, 2.24) is 4.98 Å². The minimum Gasteiger partial charge on any atom is -0.478 e. The molecule has 0 aliphatic rings. The third-order valence-corrected chi connectivity index (χ3v) is 2.61. The van der Waals surface area contributed by atoms with Gasteiger partial charge in [0.2, 0.25) is 5.88 Å². The number of anilines is 1. The number of hydrogen-bond acceptors (Lipinski definition) is 4. The summed E-state index contributed by atoms with van der Waals surface area (Å²) in [6.07, 6.45) is 0.955. The fourth-order valence-electron chi connectivity index (χ4n) is 1.49. The molecule has 2 N–H and O–H groups in total. The van der Waals surface area contributed by atoms with Gasteiger partial charge in [-0.05, 0) is 32.9 Å².